The molecule has 0 saturated carbocycles. The number of hydrogen-bond donors (Lipinski definition) is 0. The van der Waals surface area contributed by atoms with Crippen molar-refractivity contribution in [2.45, 2.75) is 6.54 Å². The highest BCUT2D eigenvalue weighted by Crippen LogP contribution is 2.29. The maximum Gasteiger partial charge on any atom is 0.126 e. The fourth-order valence-electron chi connectivity index (χ4n) is 1.71. The topological polar surface area (TPSA) is 3.24 Å². The molecule has 1 aromatic carbocycles. The second-order valence-corrected chi connectivity index (χ2v) is 3.12. The van der Waals surface area contributed by atoms with Crippen molar-refractivity contribution < 1.29 is 0 Å². The van der Waals surface area contributed by atoms with Crippen molar-refractivity contribution in [2.24, 2.45) is 0 Å². The van der Waals surface area contributed by atoms with Gasteiger partial charge in [0, 0.05) is 17.8 Å². The van der Waals surface area contributed by atoms with E-state index in [1.807, 2.05) is 0 Å². The SMILES string of the molecule is BCN1Cc2ccccc2C1=C. The molecule has 0 aromatic heterocycles. The minimum Gasteiger partial charge on any atom is -0.375 e. The molecule has 0 radical (unpaired) electrons. The largest absolute Gasteiger partial charge is 0.375 e. The summed E-state index contributed by atoms with van der Waals surface area (Å²) in [5, 5.41) is 0. The number of benzene rings is 1. The van der Waals surface area contributed by atoms with E-state index in [0.29, 0.717) is 0 Å². The molecule has 0 unspecified atom stereocenters. The minimum atomic E-state index is 1.03. The van der Waals surface area contributed by atoms with E-state index in [-0.39, 0.29) is 0 Å². The third kappa shape index (κ3) is 0.952. The van der Waals surface area contributed by atoms with Crippen molar-refractivity contribution in [1.29, 1.82) is 0 Å². The fourth-order valence-corrected chi connectivity index (χ4v) is 1.71. The van der Waals surface area contributed by atoms with Gasteiger partial charge in [-0.3, -0.25) is 0 Å². The predicted molar refractivity (Wildman–Crippen MR) is 54.4 cm³/mol. The van der Waals surface area contributed by atoms with Crippen molar-refractivity contribution in [3.05, 3.63) is 42.0 Å². The van der Waals surface area contributed by atoms with Crippen LogP contribution in [0.25, 0.3) is 5.70 Å². The molecule has 0 bridgehead atoms. The molecule has 60 valence electrons. The molecular weight excluding hydrogens is 145 g/mol. The van der Waals surface area contributed by atoms with Gasteiger partial charge in [-0.2, -0.15) is 0 Å². The quantitative estimate of drug-likeness (QED) is 0.551. The summed E-state index contributed by atoms with van der Waals surface area (Å²) in [5.74, 6) is 0. The molecule has 0 atom stereocenters. The monoisotopic (exact) mass is 157 g/mol. The fraction of sp³-hybridized carbons (Fsp3) is 0.200. The lowest BCUT2D eigenvalue weighted by Crippen LogP contribution is -2.15. The van der Waals surface area contributed by atoms with Crippen LogP contribution in [-0.4, -0.2) is 19.2 Å². The summed E-state index contributed by atoms with van der Waals surface area (Å²) in [6.45, 7) is 5.11. The van der Waals surface area contributed by atoms with E-state index in [9.17, 15) is 0 Å². The predicted octanol–water partition coefficient (Wildman–Crippen LogP) is 1.06. The third-order valence-corrected chi connectivity index (χ3v) is 2.45. The van der Waals surface area contributed by atoms with Crippen LogP contribution in [0.5, 0.6) is 0 Å². The van der Waals surface area contributed by atoms with E-state index >= 15 is 0 Å². The first kappa shape index (κ1) is 7.47. The second-order valence-electron chi connectivity index (χ2n) is 3.12. The summed E-state index contributed by atoms with van der Waals surface area (Å²) in [7, 11) is 2.16. The zero-order valence-corrected chi connectivity index (χ0v) is 7.38. The van der Waals surface area contributed by atoms with Crippen LogP contribution >= 0.6 is 0 Å². The molecule has 1 nitrogen and oxygen atoms in total. The number of hydrogen-bond acceptors (Lipinski definition) is 1. The van der Waals surface area contributed by atoms with E-state index in [1.165, 1.54) is 16.8 Å². The molecule has 0 spiro atoms. The van der Waals surface area contributed by atoms with Gasteiger partial charge in [0.15, 0.2) is 0 Å². The second kappa shape index (κ2) is 2.70. The number of rotatable bonds is 1. The van der Waals surface area contributed by atoms with Gasteiger partial charge in [-0.25, -0.2) is 0 Å². The highest BCUT2D eigenvalue weighted by molar-refractivity contribution is 6.09. The van der Waals surface area contributed by atoms with Gasteiger partial charge in [-0.05, 0) is 12.0 Å². The average Bonchev–Trinajstić information content (AvgIpc) is 2.44. The van der Waals surface area contributed by atoms with E-state index in [4.69, 9.17) is 0 Å². The Bertz CT molecular complexity index is 319. The Labute approximate surface area is 74.1 Å². The highest BCUT2D eigenvalue weighted by atomic mass is 15.1. The molecule has 2 heteroatoms. The van der Waals surface area contributed by atoms with Gasteiger partial charge >= 0.3 is 0 Å². The first-order valence-corrected chi connectivity index (χ1v) is 4.35. The van der Waals surface area contributed by atoms with Gasteiger partial charge in [-0.1, -0.05) is 30.8 Å². The maximum absolute atomic E-state index is 4.07. The Hall–Kier alpha value is -1.18. The van der Waals surface area contributed by atoms with Crippen molar-refractivity contribution >= 4 is 13.5 Å². The molecule has 1 aromatic rings. The van der Waals surface area contributed by atoms with Gasteiger partial charge in [0.1, 0.15) is 7.85 Å². The molecule has 1 heterocycles. The summed E-state index contributed by atoms with van der Waals surface area (Å²) in [6, 6.07) is 8.48. The maximum atomic E-state index is 4.07. The van der Waals surface area contributed by atoms with Crippen LogP contribution in [0.15, 0.2) is 30.8 Å². The van der Waals surface area contributed by atoms with Crippen molar-refractivity contribution in [3.8, 4) is 0 Å². The van der Waals surface area contributed by atoms with Crippen LogP contribution < -0.4 is 0 Å². The van der Waals surface area contributed by atoms with Gasteiger partial charge in [-0.15, -0.1) is 0 Å². The number of nitrogens with zero attached hydrogens (tertiary/aromatic N) is 1. The van der Waals surface area contributed by atoms with E-state index < -0.39 is 0 Å². The molecule has 2 rings (SSSR count). The first-order chi connectivity index (χ1) is 5.83. The van der Waals surface area contributed by atoms with Gasteiger partial charge in [0.25, 0.3) is 0 Å². The third-order valence-electron chi connectivity index (χ3n) is 2.45. The summed E-state index contributed by atoms with van der Waals surface area (Å²) >= 11 is 0. The summed E-state index contributed by atoms with van der Waals surface area (Å²) in [5.41, 5.74) is 3.90. The zero-order chi connectivity index (χ0) is 8.55. The summed E-state index contributed by atoms with van der Waals surface area (Å²) in [4.78, 5) is 2.30. The molecular formula is C10H12BN. The smallest absolute Gasteiger partial charge is 0.126 e. The van der Waals surface area contributed by atoms with E-state index in [1.54, 1.807) is 0 Å². The molecule has 0 fully saturated rings. The molecule has 0 saturated heterocycles. The molecule has 12 heavy (non-hydrogen) atoms. The summed E-state index contributed by atoms with van der Waals surface area (Å²) in [6.07, 6.45) is 1.05. The Morgan fingerprint density at radius 3 is 2.83 bits per heavy atom. The van der Waals surface area contributed by atoms with Crippen LogP contribution in [0.1, 0.15) is 11.1 Å². The van der Waals surface area contributed by atoms with Crippen LogP contribution in [0, 0.1) is 0 Å². The summed E-state index contributed by atoms with van der Waals surface area (Å²) < 4.78 is 0. The Morgan fingerprint density at radius 2 is 2.17 bits per heavy atom. The van der Waals surface area contributed by atoms with Crippen LogP contribution in [0.4, 0.5) is 0 Å². The standard InChI is InChI=1S/C10H12BN/c1-8-10-5-3-2-4-9(10)6-12(8)7-11/h2-5H,1,6-7,11H2. The minimum absolute atomic E-state index is 1.03. The lowest BCUT2D eigenvalue weighted by atomic mass is 10.1. The van der Waals surface area contributed by atoms with Crippen LogP contribution in [0.3, 0.4) is 0 Å². The first-order valence-electron chi connectivity index (χ1n) is 4.35. The average molecular weight is 157 g/mol. The molecule has 1 aliphatic rings. The molecule has 0 aliphatic carbocycles. The Morgan fingerprint density at radius 1 is 1.42 bits per heavy atom. The number of fused-ring (bicyclic) bond motifs is 1. The normalized spacial score (nSPS) is 15.0. The van der Waals surface area contributed by atoms with Gasteiger partial charge in [0.2, 0.25) is 0 Å². The molecule has 0 N–H and O–H groups in total. The Balaban J connectivity index is 2.42. The Kier molecular flexibility index (Phi) is 1.68. The highest BCUT2D eigenvalue weighted by Gasteiger charge is 2.19. The lowest BCUT2D eigenvalue weighted by molar-refractivity contribution is 0.478. The van der Waals surface area contributed by atoms with E-state index in [0.717, 1.165) is 13.0 Å². The lowest BCUT2D eigenvalue weighted by Gasteiger charge is -2.15. The van der Waals surface area contributed by atoms with Crippen LogP contribution in [-0.2, 0) is 6.54 Å². The van der Waals surface area contributed by atoms with Crippen molar-refractivity contribution in [3.63, 3.8) is 0 Å². The van der Waals surface area contributed by atoms with E-state index in [2.05, 4.69) is 43.6 Å². The zero-order valence-electron chi connectivity index (χ0n) is 7.38. The van der Waals surface area contributed by atoms with Gasteiger partial charge in [0.05, 0.1) is 0 Å². The molecule has 1 aliphatic heterocycles. The van der Waals surface area contributed by atoms with Crippen molar-refractivity contribution in [2.75, 3.05) is 6.44 Å². The molecule has 0 amide bonds. The van der Waals surface area contributed by atoms with Crippen molar-refractivity contribution in [1.82, 2.24) is 4.90 Å². The van der Waals surface area contributed by atoms with Crippen LogP contribution in [0.2, 0.25) is 0 Å². The van der Waals surface area contributed by atoms with Gasteiger partial charge < -0.3 is 4.90 Å².